The van der Waals surface area contributed by atoms with E-state index in [1.807, 2.05) is 0 Å². The van der Waals surface area contributed by atoms with Crippen LogP contribution in [-0.2, 0) is 4.74 Å². The molecule has 0 aromatic heterocycles. The molecule has 0 spiro atoms. The van der Waals surface area contributed by atoms with Gasteiger partial charge in [0.1, 0.15) is 0 Å². The Balaban J connectivity index is 1.93. The molecule has 1 nitrogen and oxygen atoms in total. The first-order valence-electron chi connectivity index (χ1n) is 7.78. The molecule has 0 heterocycles. The fourth-order valence-corrected chi connectivity index (χ4v) is 4.47. The summed E-state index contributed by atoms with van der Waals surface area (Å²) in [6.07, 6.45) is 9.63. The molecule has 2 heteroatoms. The third-order valence-electron chi connectivity index (χ3n) is 5.26. The Morgan fingerprint density at radius 2 is 1.89 bits per heavy atom. The van der Waals surface area contributed by atoms with Crippen LogP contribution in [0.1, 0.15) is 65.7 Å². The molecule has 5 unspecified atom stereocenters. The van der Waals surface area contributed by atoms with Gasteiger partial charge in [-0.05, 0) is 49.9 Å². The van der Waals surface area contributed by atoms with Crippen molar-refractivity contribution in [2.75, 3.05) is 5.33 Å². The van der Waals surface area contributed by atoms with Gasteiger partial charge in [0.25, 0.3) is 0 Å². The van der Waals surface area contributed by atoms with Crippen LogP contribution in [0.3, 0.4) is 0 Å². The number of halogens is 1. The highest BCUT2D eigenvalue weighted by Gasteiger charge is 2.38. The minimum atomic E-state index is 0.141. The van der Waals surface area contributed by atoms with Crippen molar-refractivity contribution in [2.24, 2.45) is 17.8 Å². The third-order valence-corrected chi connectivity index (χ3v) is 6.28. The van der Waals surface area contributed by atoms with Gasteiger partial charge in [-0.3, -0.25) is 0 Å². The molecule has 0 N–H and O–H groups in total. The molecule has 2 aliphatic rings. The first-order chi connectivity index (χ1) is 8.54. The highest BCUT2D eigenvalue weighted by atomic mass is 79.9. The number of ether oxygens (including phenoxy) is 1. The van der Waals surface area contributed by atoms with Crippen LogP contribution in [0.5, 0.6) is 0 Å². The van der Waals surface area contributed by atoms with Crippen LogP contribution < -0.4 is 0 Å². The van der Waals surface area contributed by atoms with Crippen molar-refractivity contribution < 1.29 is 4.74 Å². The van der Waals surface area contributed by atoms with E-state index >= 15 is 0 Å². The Hall–Kier alpha value is 0.440. The van der Waals surface area contributed by atoms with E-state index in [9.17, 15) is 0 Å². The first kappa shape index (κ1) is 14.8. The molecule has 0 aromatic rings. The van der Waals surface area contributed by atoms with E-state index in [0.717, 1.165) is 23.1 Å². The molecule has 2 rings (SSSR count). The van der Waals surface area contributed by atoms with Crippen molar-refractivity contribution in [2.45, 2.75) is 77.4 Å². The van der Waals surface area contributed by atoms with E-state index in [1.54, 1.807) is 0 Å². The quantitative estimate of drug-likeness (QED) is 0.652. The van der Waals surface area contributed by atoms with Gasteiger partial charge >= 0.3 is 0 Å². The van der Waals surface area contributed by atoms with Gasteiger partial charge in [0.2, 0.25) is 0 Å². The van der Waals surface area contributed by atoms with E-state index in [-0.39, 0.29) is 5.60 Å². The van der Waals surface area contributed by atoms with Crippen LogP contribution in [0.15, 0.2) is 0 Å². The summed E-state index contributed by atoms with van der Waals surface area (Å²) in [5, 5.41) is 1.02. The largest absolute Gasteiger partial charge is 0.371 e. The fraction of sp³-hybridized carbons (Fsp3) is 1.00. The Bertz CT molecular complexity index is 268. The summed E-state index contributed by atoms with van der Waals surface area (Å²) in [5.74, 6) is 2.54. The monoisotopic (exact) mass is 316 g/mol. The predicted molar refractivity (Wildman–Crippen MR) is 81.2 cm³/mol. The number of alkyl halides is 1. The summed E-state index contributed by atoms with van der Waals surface area (Å²) in [7, 11) is 0. The SMILES string of the molecule is CC1CCCC(CBr)(OC2CCC(C)C(C)C2)C1. The molecule has 18 heavy (non-hydrogen) atoms. The lowest BCUT2D eigenvalue weighted by atomic mass is 9.77. The molecule has 5 atom stereocenters. The molecular formula is C16H29BrO. The van der Waals surface area contributed by atoms with Gasteiger partial charge in [-0.2, -0.15) is 0 Å². The van der Waals surface area contributed by atoms with Crippen LogP contribution in [0.25, 0.3) is 0 Å². The van der Waals surface area contributed by atoms with Gasteiger partial charge < -0.3 is 4.74 Å². The molecule has 0 aromatic carbocycles. The van der Waals surface area contributed by atoms with Gasteiger partial charge in [-0.15, -0.1) is 0 Å². The molecule has 0 saturated heterocycles. The molecule has 106 valence electrons. The maximum atomic E-state index is 6.61. The summed E-state index contributed by atoms with van der Waals surface area (Å²) in [6, 6.07) is 0. The van der Waals surface area contributed by atoms with Crippen LogP contribution in [0, 0.1) is 17.8 Å². The topological polar surface area (TPSA) is 9.23 Å². The van der Waals surface area contributed by atoms with Crippen LogP contribution in [0.4, 0.5) is 0 Å². The first-order valence-corrected chi connectivity index (χ1v) is 8.90. The average molecular weight is 317 g/mol. The Morgan fingerprint density at radius 1 is 1.11 bits per heavy atom. The Morgan fingerprint density at radius 3 is 2.50 bits per heavy atom. The average Bonchev–Trinajstić information content (AvgIpc) is 2.34. The number of hydrogen-bond donors (Lipinski definition) is 0. The molecule has 0 radical (unpaired) electrons. The van der Waals surface area contributed by atoms with Crippen molar-refractivity contribution in [3.63, 3.8) is 0 Å². The Labute approximate surface area is 121 Å². The molecule has 0 aliphatic heterocycles. The van der Waals surface area contributed by atoms with Crippen LogP contribution in [-0.4, -0.2) is 17.0 Å². The summed E-state index contributed by atoms with van der Waals surface area (Å²) in [4.78, 5) is 0. The van der Waals surface area contributed by atoms with Gasteiger partial charge in [0.15, 0.2) is 0 Å². The van der Waals surface area contributed by atoms with E-state index in [0.29, 0.717) is 6.10 Å². The smallest absolute Gasteiger partial charge is 0.0785 e. The zero-order valence-electron chi connectivity index (χ0n) is 12.3. The van der Waals surface area contributed by atoms with Gasteiger partial charge in [0.05, 0.1) is 11.7 Å². The Kier molecular flexibility index (Phi) is 5.16. The van der Waals surface area contributed by atoms with Gasteiger partial charge in [-0.25, -0.2) is 0 Å². The lowest BCUT2D eigenvalue weighted by Crippen LogP contribution is -2.44. The van der Waals surface area contributed by atoms with Crippen molar-refractivity contribution in [1.82, 2.24) is 0 Å². The van der Waals surface area contributed by atoms with E-state index in [4.69, 9.17) is 4.74 Å². The second kappa shape index (κ2) is 6.26. The van der Waals surface area contributed by atoms with Crippen LogP contribution >= 0.6 is 15.9 Å². The van der Waals surface area contributed by atoms with Gasteiger partial charge in [0, 0.05) is 5.33 Å². The summed E-state index contributed by atoms with van der Waals surface area (Å²) < 4.78 is 6.61. The normalized spacial score (nSPS) is 46.0. The standard InChI is InChI=1S/C16H29BrO/c1-12-5-4-8-16(10-12,11-17)18-15-7-6-13(2)14(3)9-15/h12-15H,4-11H2,1-3H3. The predicted octanol–water partition coefficient (Wildman–Crippen LogP) is 5.17. The minimum absolute atomic E-state index is 0.141. The highest BCUT2D eigenvalue weighted by Crippen LogP contribution is 2.40. The molecule has 2 saturated carbocycles. The lowest BCUT2D eigenvalue weighted by Gasteiger charge is -2.43. The summed E-state index contributed by atoms with van der Waals surface area (Å²) in [5.41, 5.74) is 0.141. The zero-order chi connectivity index (χ0) is 13.2. The highest BCUT2D eigenvalue weighted by molar-refractivity contribution is 9.09. The second-order valence-corrected chi connectivity index (χ2v) is 7.59. The molecule has 2 aliphatic carbocycles. The fourth-order valence-electron chi connectivity index (χ4n) is 3.83. The van der Waals surface area contributed by atoms with Gasteiger partial charge in [-0.1, -0.05) is 49.5 Å². The molecule has 2 fully saturated rings. The number of rotatable bonds is 3. The van der Waals surface area contributed by atoms with Crippen molar-refractivity contribution in [3.05, 3.63) is 0 Å². The van der Waals surface area contributed by atoms with Crippen molar-refractivity contribution >= 4 is 15.9 Å². The summed E-state index contributed by atoms with van der Waals surface area (Å²) in [6.45, 7) is 7.17. The maximum absolute atomic E-state index is 6.61. The van der Waals surface area contributed by atoms with Crippen LogP contribution in [0.2, 0.25) is 0 Å². The molecule has 0 bridgehead atoms. The van der Waals surface area contributed by atoms with E-state index < -0.39 is 0 Å². The van der Waals surface area contributed by atoms with E-state index in [2.05, 4.69) is 36.7 Å². The maximum Gasteiger partial charge on any atom is 0.0785 e. The van der Waals surface area contributed by atoms with Crippen molar-refractivity contribution in [3.8, 4) is 0 Å². The summed E-state index contributed by atoms with van der Waals surface area (Å²) >= 11 is 3.72. The zero-order valence-corrected chi connectivity index (χ0v) is 13.8. The van der Waals surface area contributed by atoms with Crippen molar-refractivity contribution in [1.29, 1.82) is 0 Å². The minimum Gasteiger partial charge on any atom is -0.371 e. The number of hydrogen-bond acceptors (Lipinski definition) is 1. The van der Waals surface area contributed by atoms with E-state index in [1.165, 1.54) is 44.9 Å². The second-order valence-electron chi connectivity index (χ2n) is 7.03. The molecule has 0 amide bonds. The molecular weight excluding hydrogens is 288 g/mol. The lowest BCUT2D eigenvalue weighted by molar-refractivity contribution is -0.125. The third kappa shape index (κ3) is 3.50.